The maximum atomic E-state index is 9.36. The standard InChI is InChI=1S/C2H4N2O3/c5-3-1-2-4(6)7/h1,5H,2H2/b3-1+. The molecule has 0 unspecified atom stereocenters. The third-order valence-electron chi connectivity index (χ3n) is 0.312. The van der Waals surface area contributed by atoms with E-state index < -0.39 is 11.5 Å². The molecular formula is C2H4N2O3. The van der Waals surface area contributed by atoms with Gasteiger partial charge in [-0.15, -0.1) is 0 Å². The van der Waals surface area contributed by atoms with Crippen LogP contribution in [0.25, 0.3) is 0 Å². The van der Waals surface area contributed by atoms with Gasteiger partial charge in [-0.05, 0) is 0 Å². The van der Waals surface area contributed by atoms with Crippen LogP contribution in [0.2, 0.25) is 0 Å². The molecule has 0 radical (unpaired) electrons. The molecule has 0 aliphatic heterocycles. The monoisotopic (exact) mass is 104 g/mol. The summed E-state index contributed by atoms with van der Waals surface area (Å²) in [6.45, 7) is -0.420. The molecule has 0 atom stereocenters. The SMILES string of the molecule is O=[N+]([O-])C/C=N/O. The molecule has 5 heteroatoms. The molecule has 0 saturated carbocycles. The summed E-state index contributed by atoms with van der Waals surface area (Å²) in [6, 6.07) is 0. The van der Waals surface area contributed by atoms with Crippen molar-refractivity contribution in [2.45, 2.75) is 0 Å². The van der Waals surface area contributed by atoms with E-state index in [0.717, 1.165) is 6.21 Å². The van der Waals surface area contributed by atoms with Crippen molar-refractivity contribution in [3.8, 4) is 0 Å². The quantitative estimate of drug-likeness (QED) is 0.226. The van der Waals surface area contributed by atoms with E-state index in [1.165, 1.54) is 0 Å². The van der Waals surface area contributed by atoms with E-state index in [2.05, 4.69) is 5.16 Å². The minimum absolute atomic E-state index is 0.420. The van der Waals surface area contributed by atoms with Crippen molar-refractivity contribution < 1.29 is 10.1 Å². The van der Waals surface area contributed by atoms with E-state index in [9.17, 15) is 10.1 Å². The molecule has 0 aromatic rings. The van der Waals surface area contributed by atoms with Gasteiger partial charge in [-0.25, -0.2) is 0 Å². The van der Waals surface area contributed by atoms with Crippen molar-refractivity contribution in [1.29, 1.82) is 0 Å². The molecule has 0 fully saturated rings. The van der Waals surface area contributed by atoms with Crippen LogP contribution in [0.4, 0.5) is 0 Å². The molecule has 0 aromatic heterocycles. The Labute approximate surface area is 39.4 Å². The Morgan fingerprint density at radius 1 is 2.00 bits per heavy atom. The lowest BCUT2D eigenvalue weighted by Gasteiger charge is -1.76. The second-order valence-corrected chi connectivity index (χ2v) is 0.813. The predicted molar refractivity (Wildman–Crippen MR) is 22.1 cm³/mol. The summed E-state index contributed by atoms with van der Waals surface area (Å²) in [7, 11) is 0. The van der Waals surface area contributed by atoms with Crippen LogP contribution in [0.3, 0.4) is 0 Å². The van der Waals surface area contributed by atoms with Crippen molar-refractivity contribution in [3.05, 3.63) is 10.1 Å². The Morgan fingerprint density at radius 2 is 2.57 bits per heavy atom. The molecule has 0 heterocycles. The minimum atomic E-state index is -0.598. The summed E-state index contributed by atoms with van der Waals surface area (Å²) in [4.78, 5) is 8.76. The average Bonchev–Trinajstić information content (AvgIpc) is 1.61. The second-order valence-electron chi connectivity index (χ2n) is 0.813. The Balaban J connectivity index is 3.14. The third-order valence-corrected chi connectivity index (χ3v) is 0.312. The summed E-state index contributed by atoms with van der Waals surface area (Å²) >= 11 is 0. The predicted octanol–water partition coefficient (Wildman–Crippen LogP) is -0.277. The van der Waals surface area contributed by atoms with E-state index >= 15 is 0 Å². The first-order valence-corrected chi connectivity index (χ1v) is 1.55. The Morgan fingerprint density at radius 3 is 2.71 bits per heavy atom. The van der Waals surface area contributed by atoms with E-state index in [-0.39, 0.29) is 0 Å². The Bertz CT molecular complexity index is 88.9. The summed E-state index contributed by atoms with van der Waals surface area (Å²) in [5.41, 5.74) is 0. The van der Waals surface area contributed by atoms with Gasteiger partial charge >= 0.3 is 0 Å². The molecule has 0 spiro atoms. The van der Waals surface area contributed by atoms with Gasteiger partial charge in [-0.1, -0.05) is 5.16 Å². The highest BCUT2D eigenvalue weighted by atomic mass is 16.6. The van der Waals surface area contributed by atoms with Crippen LogP contribution in [0.5, 0.6) is 0 Å². The molecule has 0 aromatic carbocycles. The molecule has 0 aliphatic carbocycles. The first-order chi connectivity index (χ1) is 3.27. The van der Waals surface area contributed by atoms with Gasteiger partial charge in [0, 0.05) is 4.92 Å². The molecule has 0 rings (SSSR count). The summed E-state index contributed by atoms with van der Waals surface area (Å²) in [6.07, 6.45) is 0.806. The first kappa shape index (κ1) is 5.87. The van der Waals surface area contributed by atoms with Crippen LogP contribution in [0, 0.1) is 10.1 Å². The van der Waals surface area contributed by atoms with Crippen molar-refractivity contribution in [2.24, 2.45) is 5.16 Å². The highest BCUT2D eigenvalue weighted by molar-refractivity contribution is 5.56. The van der Waals surface area contributed by atoms with E-state index in [4.69, 9.17) is 5.21 Å². The molecule has 0 amide bonds. The van der Waals surface area contributed by atoms with Crippen LogP contribution < -0.4 is 0 Å². The zero-order valence-electron chi connectivity index (χ0n) is 3.44. The van der Waals surface area contributed by atoms with Gasteiger partial charge in [-0.3, -0.25) is 10.1 Å². The summed E-state index contributed by atoms with van der Waals surface area (Å²) in [5, 5.41) is 19.4. The maximum absolute atomic E-state index is 9.36. The Hall–Kier alpha value is -1.13. The molecule has 40 valence electrons. The molecule has 1 N–H and O–H groups in total. The average molecular weight is 104 g/mol. The highest BCUT2D eigenvalue weighted by Gasteiger charge is 1.85. The number of nitrogens with zero attached hydrogens (tertiary/aromatic N) is 2. The van der Waals surface area contributed by atoms with Crippen molar-refractivity contribution in [2.75, 3.05) is 6.54 Å². The fourth-order valence-electron chi connectivity index (χ4n) is 0.103. The summed E-state index contributed by atoms with van der Waals surface area (Å²) < 4.78 is 0. The smallest absolute Gasteiger partial charge is 0.242 e. The van der Waals surface area contributed by atoms with Crippen molar-refractivity contribution >= 4 is 6.21 Å². The first-order valence-electron chi connectivity index (χ1n) is 1.55. The molecule has 0 bridgehead atoms. The van der Waals surface area contributed by atoms with E-state index in [1.54, 1.807) is 0 Å². The third kappa shape index (κ3) is 4.87. The van der Waals surface area contributed by atoms with Gasteiger partial charge < -0.3 is 5.21 Å². The lowest BCUT2D eigenvalue weighted by Crippen LogP contribution is -2.00. The van der Waals surface area contributed by atoms with Crippen molar-refractivity contribution in [3.63, 3.8) is 0 Å². The van der Waals surface area contributed by atoms with Crippen LogP contribution >= 0.6 is 0 Å². The molecular weight excluding hydrogens is 100 g/mol. The van der Waals surface area contributed by atoms with Crippen LogP contribution in [0.1, 0.15) is 0 Å². The summed E-state index contributed by atoms with van der Waals surface area (Å²) in [5.74, 6) is 0. The topological polar surface area (TPSA) is 75.7 Å². The van der Waals surface area contributed by atoms with Crippen LogP contribution in [0.15, 0.2) is 5.16 Å². The number of hydrogen-bond donors (Lipinski definition) is 1. The number of nitro groups is 1. The number of hydrogen-bond acceptors (Lipinski definition) is 4. The number of rotatable bonds is 2. The zero-order valence-corrected chi connectivity index (χ0v) is 3.44. The second kappa shape index (κ2) is 3.08. The van der Waals surface area contributed by atoms with E-state index in [0.29, 0.717) is 0 Å². The maximum Gasteiger partial charge on any atom is 0.242 e. The zero-order chi connectivity index (χ0) is 5.70. The molecule has 0 aliphatic rings. The number of oxime groups is 1. The molecule has 7 heavy (non-hydrogen) atoms. The van der Waals surface area contributed by atoms with Gasteiger partial charge in [0.05, 0.1) is 0 Å². The fraction of sp³-hybridized carbons (Fsp3) is 0.500. The van der Waals surface area contributed by atoms with Crippen molar-refractivity contribution in [1.82, 2.24) is 0 Å². The van der Waals surface area contributed by atoms with Gasteiger partial charge in [0.25, 0.3) is 0 Å². The van der Waals surface area contributed by atoms with Crippen LogP contribution in [-0.2, 0) is 0 Å². The van der Waals surface area contributed by atoms with Crippen LogP contribution in [-0.4, -0.2) is 22.9 Å². The minimum Gasteiger partial charge on any atom is -0.411 e. The Kier molecular flexibility index (Phi) is 2.58. The van der Waals surface area contributed by atoms with Gasteiger partial charge in [0.2, 0.25) is 6.54 Å². The van der Waals surface area contributed by atoms with E-state index in [1.807, 2.05) is 0 Å². The van der Waals surface area contributed by atoms with Gasteiger partial charge in [-0.2, -0.15) is 0 Å². The molecule has 5 nitrogen and oxygen atoms in total. The fourth-order valence-corrected chi connectivity index (χ4v) is 0.103. The van der Waals surface area contributed by atoms with Gasteiger partial charge in [0.15, 0.2) is 0 Å². The van der Waals surface area contributed by atoms with Gasteiger partial charge in [0.1, 0.15) is 6.21 Å². The lowest BCUT2D eigenvalue weighted by molar-refractivity contribution is -0.462. The highest BCUT2D eigenvalue weighted by Crippen LogP contribution is 1.60. The largest absolute Gasteiger partial charge is 0.411 e. The molecule has 0 saturated heterocycles. The lowest BCUT2D eigenvalue weighted by atomic mass is 10.8. The normalized spacial score (nSPS) is 9.71.